The van der Waals surface area contributed by atoms with Gasteiger partial charge in [-0.2, -0.15) is 4.98 Å². The van der Waals surface area contributed by atoms with Crippen molar-refractivity contribution in [1.29, 1.82) is 0 Å². The predicted molar refractivity (Wildman–Crippen MR) is 141 cm³/mol. The van der Waals surface area contributed by atoms with E-state index in [1.807, 2.05) is 37.3 Å². The lowest BCUT2D eigenvalue weighted by Crippen LogP contribution is -2.47. The monoisotopic (exact) mass is 485 g/mol. The van der Waals surface area contributed by atoms with E-state index in [1.165, 1.54) is 21.2 Å². The van der Waals surface area contributed by atoms with Crippen LogP contribution in [0.1, 0.15) is 22.3 Å². The van der Waals surface area contributed by atoms with Gasteiger partial charge < -0.3 is 15.1 Å². The molecule has 5 rings (SSSR count). The quantitative estimate of drug-likeness (QED) is 0.452. The molecular weight excluding hydrogens is 454 g/mol. The van der Waals surface area contributed by atoms with Gasteiger partial charge in [0.2, 0.25) is 5.91 Å². The molecule has 0 saturated carbocycles. The highest BCUT2D eigenvalue weighted by Gasteiger charge is 2.21. The van der Waals surface area contributed by atoms with Crippen LogP contribution in [-0.4, -0.2) is 51.3 Å². The molecule has 2 aromatic heterocycles. The van der Waals surface area contributed by atoms with Crippen LogP contribution in [0.3, 0.4) is 0 Å². The molecule has 9 nitrogen and oxygen atoms in total. The molecule has 0 spiro atoms. The molecule has 1 saturated heterocycles. The Kier molecular flexibility index (Phi) is 6.45. The van der Waals surface area contributed by atoms with Crippen molar-refractivity contribution >= 4 is 23.2 Å². The van der Waals surface area contributed by atoms with Crippen molar-refractivity contribution in [2.75, 3.05) is 36.0 Å². The molecule has 1 N–H and O–H groups in total. The zero-order chi connectivity index (χ0) is 25.2. The Hall–Kier alpha value is -4.14. The van der Waals surface area contributed by atoms with Crippen LogP contribution in [0, 0.1) is 20.8 Å². The molecule has 1 aliphatic rings. The Morgan fingerprint density at radius 2 is 1.67 bits per heavy atom. The molecule has 2 aromatic carbocycles. The van der Waals surface area contributed by atoms with Gasteiger partial charge in [0.1, 0.15) is 12.4 Å². The molecule has 0 unspecified atom stereocenters. The van der Waals surface area contributed by atoms with Gasteiger partial charge in [0.05, 0.1) is 0 Å². The number of piperazine rings is 1. The van der Waals surface area contributed by atoms with Crippen molar-refractivity contribution < 1.29 is 4.79 Å². The number of rotatable bonds is 6. The van der Waals surface area contributed by atoms with Crippen LogP contribution in [0.15, 0.2) is 59.5 Å². The summed E-state index contributed by atoms with van der Waals surface area (Å²) in [6.45, 7) is 10.00. The number of benzene rings is 2. The Bertz CT molecular complexity index is 1450. The fourth-order valence-corrected chi connectivity index (χ4v) is 4.53. The van der Waals surface area contributed by atoms with Crippen molar-refractivity contribution in [1.82, 2.24) is 24.5 Å². The summed E-state index contributed by atoms with van der Waals surface area (Å²) in [5.74, 6) is 0.800. The van der Waals surface area contributed by atoms with E-state index in [9.17, 15) is 9.59 Å². The molecule has 9 heteroatoms. The lowest BCUT2D eigenvalue weighted by Gasteiger charge is -2.37. The summed E-state index contributed by atoms with van der Waals surface area (Å²) >= 11 is 0. The topological polar surface area (TPSA) is 87.8 Å². The molecule has 0 radical (unpaired) electrons. The minimum atomic E-state index is -0.380. The number of hydrogen-bond donors (Lipinski definition) is 1. The second-order valence-electron chi connectivity index (χ2n) is 9.35. The standard InChI is InChI=1S/C27H31N7O2/c1-19-7-9-22(10-8-19)17-28-25(35)18-34-27(36)33-12-11-24(29-26(33)30-34)32-15-13-31(14-16-32)23-6-4-5-20(2)21(23)3/h4-12H,13-18H2,1-3H3,(H,28,35). The minimum Gasteiger partial charge on any atom is -0.368 e. The number of hydrogen-bond acceptors (Lipinski definition) is 6. The van der Waals surface area contributed by atoms with Crippen molar-refractivity contribution in [3.05, 3.63) is 87.5 Å². The van der Waals surface area contributed by atoms with Crippen LogP contribution in [-0.2, 0) is 17.9 Å². The molecule has 1 amide bonds. The maximum absolute atomic E-state index is 12.7. The average molecular weight is 486 g/mol. The normalized spacial score (nSPS) is 13.9. The third-order valence-corrected chi connectivity index (χ3v) is 6.86. The van der Waals surface area contributed by atoms with Crippen molar-refractivity contribution in [3.8, 4) is 0 Å². The molecule has 0 atom stereocenters. The van der Waals surface area contributed by atoms with Gasteiger partial charge in [-0.05, 0) is 49.6 Å². The summed E-state index contributed by atoms with van der Waals surface area (Å²) in [6, 6.07) is 16.2. The average Bonchev–Trinajstić information content (AvgIpc) is 3.19. The van der Waals surface area contributed by atoms with E-state index in [-0.39, 0.29) is 18.1 Å². The van der Waals surface area contributed by atoms with Crippen LogP contribution >= 0.6 is 0 Å². The molecule has 186 valence electrons. The first-order valence-corrected chi connectivity index (χ1v) is 12.2. The molecule has 3 heterocycles. The Morgan fingerprint density at radius 3 is 2.42 bits per heavy atom. The molecule has 1 fully saturated rings. The van der Waals surface area contributed by atoms with E-state index in [2.05, 4.69) is 57.2 Å². The number of nitrogens with one attached hydrogen (secondary N) is 1. The van der Waals surface area contributed by atoms with E-state index in [4.69, 9.17) is 0 Å². The second-order valence-corrected chi connectivity index (χ2v) is 9.35. The molecule has 1 aliphatic heterocycles. The number of aromatic nitrogens is 4. The summed E-state index contributed by atoms with van der Waals surface area (Å²) in [7, 11) is 0. The van der Waals surface area contributed by atoms with Gasteiger partial charge in [-0.3, -0.25) is 4.79 Å². The van der Waals surface area contributed by atoms with Gasteiger partial charge in [-0.25, -0.2) is 13.9 Å². The SMILES string of the molecule is Cc1ccc(CNC(=O)Cn2nc3nc(N4CCN(c5cccc(C)c5C)CC4)ccn3c2=O)cc1. The van der Waals surface area contributed by atoms with Gasteiger partial charge in [0.15, 0.2) is 0 Å². The zero-order valence-electron chi connectivity index (χ0n) is 20.9. The zero-order valence-corrected chi connectivity index (χ0v) is 20.9. The first-order valence-electron chi connectivity index (χ1n) is 12.2. The summed E-state index contributed by atoms with van der Waals surface area (Å²) in [4.78, 5) is 34.4. The highest BCUT2D eigenvalue weighted by atomic mass is 16.2. The lowest BCUT2D eigenvalue weighted by atomic mass is 10.1. The summed E-state index contributed by atoms with van der Waals surface area (Å²) < 4.78 is 2.54. The van der Waals surface area contributed by atoms with Gasteiger partial charge in [0, 0.05) is 44.6 Å². The first-order chi connectivity index (χ1) is 17.4. The van der Waals surface area contributed by atoms with Crippen LogP contribution in [0.4, 0.5) is 11.5 Å². The molecule has 0 bridgehead atoms. The molecule has 4 aromatic rings. The number of fused-ring (bicyclic) bond motifs is 1. The van der Waals surface area contributed by atoms with Crippen LogP contribution in [0.2, 0.25) is 0 Å². The molecular formula is C27H31N7O2. The van der Waals surface area contributed by atoms with Crippen LogP contribution < -0.4 is 20.8 Å². The van der Waals surface area contributed by atoms with Crippen molar-refractivity contribution in [2.45, 2.75) is 33.9 Å². The predicted octanol–water partition coefficient (Wildman–Crippen LogP) is 2.46. The van der Waals surface area contributed by atoms with Crippen molar-refractivity contribution in [3.63, 3.8) is 0 Å². The number of amides is 1. The van der Waals surface area contributed by atoms with E-state index >= 15 is 0 Å². The maximum Gasteiger partial charge on any atom is 0.352 e. The minimum absolute atomic E-state index is 0.155. The van der Waals surface area contributed by atoms with E-state index < -0.39 is 0 Å². The highest BCUT2D eigenvalue weighted by molar-refractivity contribution is 5.75. The first kappa shape index (κ1) is 23.6. The van der Waals surface area contributed by atoms with E-state index in [0.29, 0.717) is 12.3 Å². The van der Waals surface area contributed by atoms with E-state index in [1.54, 1.807) is 6.20 Å². The van der Waals surface area contributed by atoms with Gasteiger partial charge in [-0.15, -0.1) is 5.10 Å². The Morgan fingerprint density at radius 1 is 0.944 bits per heavy atom. The number of anilines is 2. The van der Waals surface area contributed by atoms with Gasteiger partial charge in [-0.1, -0.05) is 42.0 Å². The van der Waals surface area contributed by atoms with Crippen LogP contribution in [0.25, 0.3) is 5.78 Å². The van der Waals surface area contributed by atoms with Gasteiger partial charge in [0.25, 0.3) is 5.78 Å². The fourth-order valence-electron chi connectivity index (χ4n) is 4.53. The number of carbonyl (C=O) groups excluding carboxylic acids is 1. The largest absolute Gasteiger partial charge is 0.368 e. The summed E-state index contributed by atoms with van der Waals surface area (Å²) in [6.07, 6.45) is 1.69. The summed E-state index contributed by atoms with van der Waals surface area (Å²) in [5, 5.41) is 7.16. The fraction of sp³-hybridized carbons (Fsp3) is 0.333. The highest BCUT2D eigenvalue weighted by Crippen LogP contribution is 2.25. The number of aryl methyl sites for hydroxylation is 2. The molecule has 0 aliphatic carbocycles. The smallest absolute Gasteiger partial charge is 0.352 e. The summed E-state index contributed by atoms with van der Waals surface area (Å²) in [5.41, 5.74) is 5.68. The second kappa shape index (κ2) is 9.85. The van der Waals surface area contributed by atoms with Crippen molar-refractivity contribution in [2.24, 2.45) is 0 Å². The third-order valence-electron chi connectivity index (χ3n) is 6.86. The van der Waals surface area contributed by atoms with E-state index in [0.717, 1.165) is 47.8 Å². The van der Waals surface area contributed by atoms with Gasteiger partial charge >= 0.3 is 5.69 Å². The third kappa shape index (κ3) is 4.82. The van der Waals surface area contributed by atoms with Crippen LogP contribution in [0.5, 0.6) is 0 Å². The number of nitrogens with zero attached hydrogens (tertiary/aromatic N) is 6. The Labute approximate surface area is 210 Å². The molecule has 36 heavy (non-hydrogen) atoms. The Balaban J connectivity index is 1.24. The maximum atomic E-state index is 12.7. The number of carbonyl (C=O) groups is 1. The lowest BCUT2D eigenvalue weighted by molar-refractivity contribution is -0.122.